The Balaban J connectivity index is 2.76. The molecule has 7 nitrogen and oxygen atoms in total. The summed E-state index contributed by atoms with van der Waals surface area (Å²) in [6, 6.07) is 0. The Kier molecular flexibility index (Phi) is 4.95. The third kappa shape index (κ3) is 2.88. The van der Waals surface area contributed by atoms with E-state index in [2.05, 4.69) is 40.5 Å². The molecule has 0 aliphatic heterocycles. The van der Waals surface area contributed by atoms with Gasteiger partial charge in [0.25, 0.3) is 0 Å². The fraction of sp³-hybridized carbons (Fsp3) is 0.600. The van der Waals surface area contributed by atoms with E-state index >= 15 is 0 Å². The van der Waals surface area contributed by atoms with Crippen LogP contribution in [0.25, 0.3) is 11.0 Å². The molecular weight excluding hydrogens is 278 g/mol. The van der Waals surface area contributed by atoms with E-state index in [0.717, 1.165) is 42.3 Å². The first kappa shape index (κ1) is 16.2. The minimum atomic E-state index is 0.700. The summed E-state index contributed by atoms with van der Waals surface area (Å²) in [6.45, 7) is 8.81. The Morgan fingerprint density at radius 2 is 1.32 bits per heavy atom. The number of hydrogen-bond donors (Lipinski definition) is 0. The van der Waals surface area contributed by atoms with Crippen molar-refractivity contribution in [3.05, 3.63) is 6.33 Å². The lowest BCUT2D eigenvalue weighted by molar-refractivity contribution is 0.877. The lowest BCUT2D eigenvalue weighted by Crippen LogP contribution is -2.24. The van der Waals surface area contributed by atoms with Crippen LogP contribution < -0.4 is 14.7 Å². The van der Waals surface area contributed by atoms with Gasteiger partial charge in [-0.15, -0.1) is 0 Å². The summed E-state index contributed by atoms with van der Waals surface area (Å²) in [7, 11) is 6.02. The highest BCUT2D eigenvalue weighted by atomic mass is 15.3. The van der Waals surface area contributed by atoms with Crippen LogP contribution in [0.2, 0.25) is 0 Å². The highest BCUT2D eigenvalue weighted by Crippen LogP contribution is 2.28. The molecule has 2 rings (SSSR count). The van der Waals surface area contributed by atoms with E-state index in [1.807, 2.05) is 26.0 Å². The molecule has 0 aliphatic carbocycles. The van der Waals surface area contributed by atoms with Gasteiger partial charge in [0.15, 0.2) is 11.6 Å². The molecule has 0 spiro atoms. The Bertz CT molecular complexity index is 643. The maximum atomic E-state index is 4.71. The monoisotopic (exact) mass is 303 g/mol. The van der Waals surface area contributed by atoms with Crippen LogP contribution in [-0.2, 0) is 0 Å². The van der Waals surface area contributed by atoms with Crippen molar-refractivity contribution in [1.29, 1.82) is 0 Å². The average molecular weight is 303 g/mol. The number of hydrogen-bond acceptors (Lipinski definition) is 7. The third-order valence-corrected chi connectivity index (χ3v) is 3.92. The van der Waals surface area contributed by atoms with Crippen LogP contribution in [0.1, 0.15) is 20.8 Å². The topological polar surface area (TPSA) is 61.3 Å². The van der Waals surface area contributed by atoms with Gasteiger partial charge >= 0.3 is 0 Å². The van der Waals surface area contributed by atoms with Crippen molar-refractivity contribution >= 4 is 28.6 Å². The van der Waals surface area contributed by atoms with E-state index in [1.54, 1.807) is 6.33 Å². The predicted molar refractivity (Wildman–Crippen MR) is 92.0 cm³/mol. The molecule has 7 heteroatoms. The number of anilines is 3. The van der Waals surface area contributed by atoms with Crippen molar-refractivity contribution in [2.24, 2.45) is 0 Å². The van der Waals surface area contributed by atoms with Crippen LogP contribution in [-0.4, -0.2) is 60.7 Å². The predicted octanol–water partition coefficient (Wildman–Crippen LogP) is 1.79. The summed E-state index contributed by atoms with van der Waals surface area (Å²) in [5, 5.41) is 0. The summed E-state index contributed by atoms with van der Waals surface area (Å²) in [6.07, 6.45) is 1.59. The van der Waals surface area contributed by atoms with E-state index in [0.29, 0.717) is 5.95 Å². The molecule has 2 aromatic heterocycles. The summed E-state index contributed by atoms with van der Waals surface area (Å²) in [5.74, 6) is 2.38. The van der Waals surface area contributed by atoms with Gasteiger partial charge in [-0.2, -0.15) is 4.98 Å². The van der Waals surface area contributed by atoms with Crippen molar-refractivity contribution in [2.75, 3.05) is 55.5 Å². The molecule has 22 heavy (non-hydrogen) atoms. The first-order chi connectivity index (χ1) is 10.5. The number of rotatable bonds is 6. The molecular formula is C15H25N7. The van der Waals surface area contributed by atoms with Crippen molar-refractivity contribution in [3.63, 3.8) is 0 Å². The van der Waals surface area contributed by atoms with E-state index in [4.69, 9.17) is 9.97 Å². The summed E-state index contributed by atoms with van der Waals surface area (Å²) in [4.78, 5) is 24.4. The van der Waals surface area contributed by atoms with Crippen LogP contribution >= 0.6 is 0 Å². The Morgan fingerprint density at radius 1 is 0.727 bits per heavy atom. The van der Waals surface area contributed by atoms with Crippen LogP contribution in [0, 0.1) is 0 Å². The van der Waals surface area contributed by atoms with E-state index < -0.39 is 0 Å². The molecule has 0 saturated carbocycles. The van der Waals surface area contributed by atoms with Gasteiger partial charge in [-0.05, 0) is 20.8 Å². The molecule has 0 atom stereocenters. The molecule has 2 aromatic rings. The maximum Gasteiger partial charge on any atom is 0.227 e. The largest absolute Gasteiger partial charge is 0.358 e. The van der Waals surface area contributed by atoms with Gasteiger partial charge in [-0.3, -0.25) is 0 Å². The van der Waals surface area contributed by atoms with Gasteiger partial charge in [0, 0.05) is 40.8 Å². The third-order valence-electron chi connectivity index (χ3n) is 3.92. The second kappa shape index (κ2) is 6.72. The molecule has 0 unspecified atom stereocenters. The van der Waals surface area contributed by atoms with Gasteiger partial charge in [-0.1, -0.05) is 0 Å². The standard InChI is InChI=1S/C15H25N7/c1-7-20(4)13-12-11(16-10-17-13)14(21(5)8-2)19-15(18-12)22(6)9-3/h10H,7-9H2,1-6H3. The van der Waals surface area contributed by atoms with E-state index in [9.17, 15) is 0 Å². The highest BCUT2D eigenvalue weighted by Gasteiger charge is 2.18. The van der Waals surface area contributed by atoms with E-state index in [1.165, 1.54) is 0 Å². The highest BCUT2D eigenvalue weighted by molar-refractivity contribution is 5.93. The second-order valence-corrected chi connectivity index (χ2v) is 5.28. The molecule has 0 radical (unpaired) electrons. The van der Waals surface area contributed by atoms with Gasteiger partial charge < -0.3 is 14.7 Å². The maximum absolute atomic E-state index is 4.71. The van der Waals surface area contributed by atoms with Crippen LogP contribution in [0.5, 0.6) is 0 Å². The quantitative estimate of drug-likeness (QED) is 0.806. The molecule has 0 amide bonds. The lowest BCUT2D eigenvalue weighted by atomic mass is 10.3. The van der Waals surface area contributed by atoms with Crippen molar-refractivity contribution in [2.45, 2.75) is 20.8 Å². The molecule has 0 N–H and O–H groups in total. The van der Waals surface area contributed by atoms with Crippen molar-refractivity contribution < 1.29 is 0 Å². The molecule has 0 fully saturated rings. The SMILES string of the molecule is CCN(C)c1nc(N(C)CC)c2ncnc(N(C)CC)c2n1. The molecule has 120 valence electrons. The zero-order chi connectivity index (χ0) is 16.3. The summed E-state index contributed by atoms with van der Waals surface area (Å²) >= 11 is 0. The van der Waals surface area contributed by atoms with Crippen molar-refractivity contribution in [1.82, 2.24) is 19.9 Å². The summed E-state index contributed by atoms with van der Waals surface area (Å²) < 4.78 is 0. The first-order valence-corrected chi connectivity index (χ1v) is 7.69. The van der Waals surface area contributed by atoms with Gasteiger partial charge in [-0.25, -0.2) is 15.0 Å². The minimum Gasteiger partial charge on any atom is -0.358 e. The van der Waals surface area contributed by atoms with Crippen LogP contribution in [0.3, 0.4) is 0 Å². The molecule has 2 heterocycles. The molecule has 0 aromatic carbocycles. The van der Waals surface area contributed by atoms with Crippen molar-refractivity contribution in [3.8, 4) is 0 Å². The van der Waals surface area contributed by atoms with Gasteiger partial charge in [0.1, 0.15) is 17.4 Å². The van der Waals surface area contributed by atoms with Crippen LogP contribution in [0.4, 0.5) is 17.6 Å². The van der Waals surface area contributed by atoms with Crippen LogP contribution in [0.15, 0.2) is 6.33 Å². The fourth-order valence-electron chi connectivity index (χ4n) is 2.07. The molecule has 0 bridgehead atoms. The normalized spacial score (nSPS) is 10.8. The number of aromatic nitrogens is 4. The lowest BCUT2D eigenvalue weighted by Gasteiger charge is -2.23. The number of nitrogens with zero attached hydrogens (tertiary/aromatic N) is 7. The molecule has 0 saturated heterocycles. The first-order valence-electron chi connectivity index (χ1n) is 7.69. The molecule has 0 aliphatic rings. The second-order valence-electron chi connectivity index (χ2n) is 5.28. The fourth-order valence-corrected chi connectivity index (χ4v) is 2.07. The van der Waals surface area contributed by atoms with Gasteiger partial charge in [0.05, 0.1) is 0 Å². The van der Waals surface area contributed by atoms with E-state index in [-0.39, 0.29) is 0 Å². The Labute approximate surface area is 132 Å². The Morgan fingerprint density at radius 3 is 1.91 bits per heavy atom. The summed E-state index contributed by atoms with van der Waals surface area (Å²) in [5.41, 5.74) is 1.59. The zero-order valence-corrected chi connectivity index (χ0v) is 14.3. The van der Waals surface area contributed by atoms with Gasteiger partial charge in [0.2, 0.25) is 5.95 Å². The zero-order valence-electron chi connectivity index (χ0n) is 14.3. The number of fused-ring (bicyclic) bond motifs is 1. The smallest absolute Gasteiger partial charge is 0.227 e. The minimum absolute atomic E-state index is 0.700. The average Bonchev–Trinajstić information content (AvgIpc) is 2.57. The Hall–Kier alpha value is -2.18.